The normalized spacial score (nSPS) is 26.3. The Morgan fingerprint density at radius 3 is 1.90 bits per heavy atom. The molecule has 0 saturated carbocycles. The summed E-state index contributed by atoms with van der Waals surface area (Å²) < 4.78 is 80.0. The number of unbranched alkanes of at least 4 members (excludes halogenated alkanes) is 2. The molecular formula is C12H18F6OS2. The first-order valence-electron chi connectivity index (χ1n) is 6.68. The molecule has 0 bridgehead atoms. The van der Waals surface area contributed by atoms with Crippen molar-refractivity contribution in [2.24, 2.45) is 0 Å². The Labute approximate surface area is 128 Å². The van der Waals surface area contributed by atoms with Gasteiger partial charge in [-0.25, -0.2) is 0 Å². The van der Waals surface area contributed by atoms with Crippen LogP contribution in [0, 0.1) is 0 Å². The van der Waals surface area contributed by atoms with E-state index in [1.54, 1.807) is 6.92 Å². The molecule has 1 saturated heterocycles. The van der Waals surface area contributed by atoms with Crippen molar-refractivity contribution in [2.75, 3.05) is 6.61 Å². The first-order valence-corrected chi connectivity index (χ1v) is 8.83. The number of hydrogen-bond acceptors (Lipinski definition) is 3. The maximum Gasteiger partial charge on any atom is 0.413 e. The second-order valence-corrected chi connectivity index (χ2v) is 7.74. The molecule has 0 aromatic rings. The summed E-state index contributed by atoms with van der Waals surface area (Å²) in [5.41, 5.74) is 0. The van der Waals surface area contributed by atoms with E-state index in [1.165, 1.54) is 0 Å². The number of ether oxygens (including phenoxy) is 1. The van der Waals surface area contributed by atoms with Crippen LogP contribution in [0.15, 0.2) is 0 Å². The van der Waals surface area contributed by atoms with Crippen LogP contribution in [0.5, 0.6) is 0 Å². The SMILES string of the molecule is CCCCCC1(OCC)CC(C(F)(F)F)(C(F)(F)F)SS1. The number of halogens is 6. The maximum absolute atomic E-state index is 13.1. The first-order chi connectivity index (χ1) is 9.54. The van der Waals surface area contributed by atoms with Crippen LogP contribution in [0.2, 0.25) is 0 Å². The van der Waals surface area contributed by atoms with Gasteiger partial charge in [-0.05, 0) is 19.8 Å². The summed E-state index contributed by atoms with van der Waals surface area (Å²) in [6.07, 6.45) is -9.45. The Balaban J connectivity index is 3.02. The van der Waals surface area contributed by atoms with Crippen molar-refractivity contribution in [1.82, 2.24) is 0 Å². The molecule has 0 aromatic carbocycles. The van der Waals surface area contributed by atoms with Gasteiger partial charge >= 0.3 is 12.4 Å². The van der Waals surface area contributed by atoms with E-state index >= 15 is 0 Å². The lowest BCUT2D eigenvalue weighted by atomic mass is 9.95. The third-order valence-corrected chi connectivity index (χ3v) is 7.10. The summed E-state index contributed by atoms with van der Waals surface area (Å²) in [4.78, 5) is -1.42. The van der Waals surface area contributed by atoms with Gasteiger partial charge in [0.15, 0.2) is 0 Å². The van der Waals surface area contributed by atoms with Gasteiger partial charge in [-0.2, -0.15) is 26.3 Å². The van der Waals surface area contributed by atoms with Crippen LogP contribution in [0.1, 0.15) is 46.0 Å². The highest BCUT2D eigenvalue weighted by atomic mass is 33.1. The van der Waals surface area contributed by atoms with E-state index in [4.69, 9.17) is 4.74 Å². The summed E-state index contributed by atoms with van der Waals surface area (Å²) in [6.45, 7) is 3.58. The third-order valence-electron chi connectivity index (χ3n) is 3.34. The Kier molecular flexibility index (Phi) is 6.23. The van der Waals surface area contributed by atoms with Gasteiger partial charge in [0.05, 0.1) is 0 Å². The van der Waals surface area contributed by atoms with Crippen LogP contribution in [-0.2, 0) is 4.74 Å². The lowest BCUT2D eigenvalue weighted by Crippen LogP contribution is -2.54. The largest absolute Gasteiger partial charge is 0.413 e. The molecule has 1 fully saturated rings. The van der Waals surface area contributed by atoms with E-state index in [1.807, 2.05) is 6.92 Å². The van der Waals surface area contributed by atoms with Gasteiger partial charge in [0.2, 0.25) is 4.75 Å². The van der Waals surface area contributed by atoms with E-state index in [0.717, 1.165) is 12.8 Å². The van der Waals surface area contributed by atoms with Crippen molar-refractivity contribution < 1.29 is 31.1 Å². The minimum atomic E-state index is -5.35. The van der Waals surface area contributed by atoms with E-state index in [9.17, 15) is 26.3 Å². The smallest absolute Gasteiger partial charge is 0.364 e. The Morgan fingerprint density at radius 2 is 1.52 bits per heavy atom. The van der Waals surface area contributed by atoms with Gasteiger partial charge in [0.1, 0.15) is 4.93 Å². The molecule has 0 amide bonds. The molecule has 0 aromatic heterocycles. The summed E-state index contributed by atoms with van der Waals surface area (Å²) in [7, 11) is 0.430. The van der Waals surface area contributed by atoms with Gasteiger partial charge in [0, 0.05) is 13.0 Å². The lowest BCUT2D eigenvalue weighted by molar-refractivity contribution is -0.271. The lowest BCUT2D eigenvalue weighted by Gasteiger charge is -2.34. The van der Waals surface area contributed by atoms with Crippen LogP contribution in [0.25, 0.3) is 0 Å². The monoisotopic (exact) mass is 356 g/mol. The summed E-state index contributed by atoms with van der Waals surface area (Å²) in [5, 5.41) is 0. The van der Waals surface area contributed by atoms with Gasteiger partial charge in [0.25, 0.3) is 0 Å². The van der Waals surface area contributed by atoms with Crippen LogP contribution in [-0.4, -0.2) is 28.6 Å². The second kappa shape index (κ2) is 6.78. The first kappa shape index (κ1) is 19.3. The highest BCUT2D eigenvalue weighted by Gasteiger charge is 2.76. The zero-order chi connectivity index (χ0) is 16.4. The van der Waals surface area contributed by atoms with Crippen LogP contribution >= 0.6 is 21.6 Å². The fourth-order valence-electron chi connectivity index (χ4n) is 2.23. The summed E-state index contributed by atoms with van der Waals surface area (Å²) in [5.74, 6) is 0. The standard InChI is InChI=1S/C12H18F6OS2/c1-3-5-6-7-9(19-4-2)8-10(21-20-9,11(13,14)15)12(16,17)18/h3-8H2,1-2H3. The maximum atomic E-state index is 13.1. The molecule has 1 unspecified atom stereocenters. The fourth-order valence-corrected chi connectivity index (χ4v) is 5.96. The minimum absolute atomic E-state index is 0.0888. The molecule has 1 rings (SSSR count). The molecule has 1 aliphatic heterocycles. The van der Waals surface area contributed by atoms with E-state index in [0.29, 0.717) is 17.2 Å². The number of rotatable bonds is 6. The van der Waals surface area contributed by atoms with Gasteiger partial charge in [-0.15, -0.1) is 0 Å². The molecule has 0 aliphatic carbocycles. The topological polar surface area (TPSA) is 9.23 Å². The highest BCUT2D eigenvalue weighted by molar-refractivity contribution is 8.78. The predicted molar refractivity (Wildman–Crippen MR) is 73.1 cm³/mol. The molecule has 0 N–H and O–H groups in total. The van der Waals surface area contributed by atoms with Crippen LogP contribution in [0.4, 0.5) is 26.3 Å². The van der Waals surface area contributed by atoms with Crippen molar-refractivity contribution in [3.63, 3.8) is 0 Å². The van der Waals surface area contributed by atoms with Crippen molar-refractivity contribution in [3.8, 4) is 0 Å². The Bertz CT molecular complexity index is 330. The summed E-state index contributed by atoms with van der Waals surface area (Å²) in [6, 6.07) is 0. The fraction of sp³-hybridized carbons (Fsp3) is 1.00. The average Bonchev–Trinajstić information content (AvgIpc) is 2.70. The molecule has 126 valence electrons. The quantitative estimate of drug-likeness (QED) is 0.331. The Hall–Kier alpha value is 0.240. The second-order valence-electron chi connectivity index (χ2n) is 4.97. The van der Waals surface area contributed by atoms with Crippen molar-refractivity contribution in [1.29, 1.82) is 0 Å². The predicted octanol–water partition coefficient (Wildman–Crippen LogP) is 5.95. The zero-order valence-corrected chi connectivity index (χ0v) is 13.4. The third kappa shape index (κ3) is 3.96. The van der Waals surface area contributed by atoms with Gasteiger partial charge < -0.3 is 4.74 Å². The summed E-state index contributed by atoms with van der Waals surface area (Å²) >= 11 is 0. The molecule has 9 heteroatoms. The Morgan fingerprint density at radius 1 is 0.952 bits per heavy atom. The number of alkyl halides is 6. The zero-order valence-electron chi connectivity index (χ0n) is 11.7. The van der Waals surface area contributed by atoms with Crippen LogP contribution in [0.3, 0.4) is 0 Å². The molecule has 21 heavy (non-hydrogen) atoms. The molecule has 1 nitrogen and oxygen atoms in total. The molecular weight excluding hydrogens is 338 g/mol. The highest BCUT2D eigenvalue weighted by Crippen LogP contribution is 2.69. The van der Waals surface area contributed by atoms with E-state index in [-0.39, 0.29) is 23.8 Å². The minimum Gasteiger partial charge on any atom is -0.364 e. The van der Waals surface area contributed by atoms with E-state index in [2.05, 4.69) is 0 Å². The molecule has 1 heterocycles. The van der Waals surface area contributed by atoms with Gasteiger partial charge in [-0.1, -0.05) is 41.4 Å². The average molecular weight is 356 g/mol. The molecule has 0 spiro atoms. The molecule has 1 aliphatic rings. The van der Waals surface area contributed by atoms with Crippen LogP contribution < -0.4 is 0 Å². The van der Waals surface area contributed by atoms with Crippen molar-refractivity contribution in [3.05, 3.63) is 0 Å². The van der Waals surface area contributed by atoms with Gasteiger partial charge in [-0.3, -0.25) is 0 Å². The molecule has 1 atom stereocenters. The van der Waals surface area contributed by atoms with Crippen molar-refractivity contribution >= 4 is 21.6 Å². The molecule has 0 radical (unpaired) electrons. The van der Waals surface area contributed by atoms with E-state index < -0.39 is 28.5 Å². The number of hydrogen-bond donors (Lipinski definition) is 0. The van der Waals surface area contributed by atoms with Crippen molar-refractivity contribution in [2.45, 2.75) is 68.0 Å².